The molecule has 116 valence electrons. The van der Waals surface area contributed by atoms with Crippen molar-refractivity contribution in [2.45, 2.75) is 25.8 Å². The van der Waals surface area contributed by atoms with Crippen LogP contribution < -0.4 is 10.6 Å². The van der Waals surface area contributed by atoms with E-state index in [-0.39, 0.29) is 0 Å². The van der Waals surface area contributed by atoms with Gasteiger partial charge in [0.25, 0.3) is 0 Å². The fraction of sp³-hybridized carbons (Fsp3) is 0.429. The lowest BCUT2D eigenvalue weighted by Gasteiger charge is -2.16. The summed E-state index contributed by atoms with van der Waals surface area (Å²) in [7, 11) is 1.55. The molecule has 0 saturated heterocycles. The van der Waals surface area contributed by atoms with Crippen molar-refractivity contribution in [3.63, 3.8) is 0 Å². The third-order valence-corrected chi connectivity index (χ3v) is 3.39. The molecule has 6 nitrogen and oxygen atoms in total. The number of urea groups is 1. The second kappa shape index (κ2) is 8.63. The fourth-order valence-corrected chi connectivity index (χ4v) is 2.10. The molecule has 2 amide bonds. The van der Waals surface area contributed by atoms with Crippen LogP contribution in [0, 0.1) is 6.92 Å². The molecule has 1 rings (SSSR count). The number of ether oxygens (including phenoxy) is 1. The average molecular weight is 359 g/mol. The summed E-state index contributed by atoms with van der Waals surface area (Å²) in [6, 6.07) is 4.00. The Morgan fingerprint density at radius 3 is 2.76 bits per heavy atom. The maximum Gasteiger partial charge on any atom is 0.326 e. The van der Waals surface area contributed by atoms with E-state index in [1.54, 1.807) is 13.2 Å². The number of methoxy groups -OCH3 is 1. The Bertz CT molecular complexity index is 508. The minimum atomic E-state index is -1.06. The van der Waals surface area contributed by atoms with E-state index in [0.29, 0.717) is 25.1 Å². The van der Waals surface area contributed by atoms with Crippen molar-refractivity contribution in [2.75, 3.05) is 19.0 Å². The van der Waals surface area contributed by atoms with Gasteiger partial charge < -0.3 is 20.5 Å². The first-order valence-corrected chi connectivity index (χ1v) is 7.28. The number of hydrogen-bond acceptors (Lipinski definition) is 3. The van der Waals surface area contributed by atoms with Crippen LogP contribution in [0.15, 0.2) is 22.7 Å². The van der Waals surface area contributed by atoms with Crippen LogP contribution in [0.2, 0.25) is 0 Å². The van der Waals surface area contributed by atoms with Gasteiger partial charge in [0.15, 0.2) is 0 Å². The Morgan fingerprint density at radius 1 is 1.43 bits per heavy atom. The van der Waals surface area contributed by atoms with Gasteiger partial charge in [0.05, 0.1) is 0 Å². The topological polar surface area (TPSA) is 87.7 Å². The van der Waals surface area contributed by atoms with Gasteiger partial charge in [-0.1, -0.05) is 22.0 Å². The number of carbonyl (C=O) groups is 2. The SMILES string of the molecule is COCCCC(NC(=O)Nc1cc(Br)ccc1C)C(=O)O. The first-order chi connectivity index (χ1) is 9.93. The minimum Gasteiger partial charge on any atom is -0.480 e. The summed E-state index contributed by atoms with van der Waals surface area (Å²) in [6.07, 6.45) is 0.873. The molecule has 1 unspecified atom stereocenters. The largest absolute Gasteiger partial charge is 0.480 e. The van der Waals surface area contributed by atoms with E-state index < -0.39 is 18.0 Å². The van der Waals surface area contributed by atoms with E-state index in [0.717, 1.165) is 10.0 Å². The van der Waals surface area contributed by atoms with Crippen molar-refractivity contribution in [3.8, 4) is 0 Å². The van der Waals surface area contributed by atoms with Crippen LogP contribution in [0.4, 0.5) is 10.5 Å². The number of aliphatic carboxylic acids is 1. The van der Waals surface area contributed by atoms with Crippen LogP contribution in [-0.4, -0.2) is 36.9 Å². The number of carboxylic acid groups (broad SMARTS) is 1. The number of hydrogen-bond donors (Lipinski definition) is 3. The van der Waals surface area contributed by atoms with Gasteiger partial charge in [-0.05, 0) is 37.5 Å². The predicted molar refractivity (Wildman–Crippen MR) is 83.6 cm³/mol. The maximum atomic E-state index is 11.9. The molecule has 3 N–H and O–H groups in total. The zero-order chi connectivity index (χ0) is 15.8. The molecular weight excluding hydrogens is 340 g/mol. The Kier molecular flexibility index (Phi) is 7.18. The number of aryl methyl sites for hydroxylation is 1. The molecule has 0 radical (unpaired) electrons. The van der Waals surface area contributed by atoms with E-state index in [9.17, 15) is 9.59 Å². The number of carbonyl (C=O) groups excluding carboxylic acids is 1. The Labute approximate surface area is 132 Å². The molecule has 0 aliphatic carbocycles. The molecule has 0 fully saturated rings. The normalized spacial score (nSPS) is 11.8. The van der Waals surface area contributed by atoms with Gasteiger partial charge in [0.2, 0.25) is 0 Å². The molecule has 0 bridgehead atoms. The van der Waals surface area contributed by atoms with Gasteiger partial charge >= 0.3 is 12.0 Å². The summed E-state index contributed by atoms with van der Waals surface area (Å²) in [5.41, 5.74) is 1.52. The molecule has 1 aromatic carbocycles. The lowest BCUT2D eigenvalue weighted by atomic mass is 10.1. The monoisotopic (exact) mass is 358 g/mol. The Morgan fingerprint density at radius 2 is 2.14 bits per heavy atom. The number of benzene rings is 1. The fourth-order valence-electron chi connectivity index (χ4n) is 1.73. The molecule has 1 aromatic rings. The van der Waals surface area contributed by atoms with Gasteiger partial charge in [-0.25, -0.2) is 9.59 Å². The molecule has 0 aliphatic heterocycles. The van der Waals surface area contributed by atoms with Gasteiger partial charge in [-0.15, -0.1) is 0 Å². The molecule has 7 heteroatoms. The van der Waals surface area contributed by atoms with Crippen LogP contribution >= 0.6 is 15.9 Å². The third-order valence-electron chi connectivity index (χ3n) is 2.89. The molecular formula is C14H19BrN2O4. The second-order valence-electron chi connectivity index (χ2n) is 4.58. The van der Waals surface area contributed by atoms with Crippen molar-refractivity contribution < 1.29 is 19.4 Å². The number of rotatable bonds is 7. The van der Waals surface area contributed by atoms with Crippen LogP contribution in [0.3, 0.4) is 0 Å². The van der Waals surface area contributed by atoms with Crippen LogP contribution in [0.25, 0.3) is 0 Å². The number of halogens is 1. The average Bonchev–Trinajstić information content (AvgIpc) is 2.42. The van der Waals surface area contributed by atoms with Crippen molar-refractivity contribution in [2.24, 2.45) is 0 Å². The minimum absolute atomic E-state index is 0.314. The molecule has 1 atom stereocenters. The smallest absolute Gasteiger partial charge is 0.326 e. The van der Waals surface area contributed by atoms with E-state index in [1.165, 1.54) is 0 Å². The van der Waals surface area contributed by atoms with Crippen LogP contribution in [0.5, 0.6) is 0 Å². The van der Waals surface area contributed by atoms with Crippen molar-refractivity contribution >= 4 is 33.6 Å². The van der Waals surface area contributed by atoms with Gasteiger partial charge in [-0.3, -0.25) is 0 Å². The summed E-state index contributed by atoms with van der Waals surface area (Å²) >= 11 is 3.32. The lowest BCUT2D eigenvalue weighted by molar-refractivity contribution is -0.139. The zero-order valence-electron chi connectivity index (χ0n) is 12.0. The number of nitrogens with one attached hydrogen (secondary N) is 2. The van der Waals surface area contributed by atoms with Crippen molar-refractivity contribution in [1.29, 1.82) is 0 Å². The maximum absolute atomic E-state index is 11.9. The quantitative estimate of drug-likeness (QED) is 0.654. The van der Waals surface area contributed by atoms with Gasteiger partial charge in [-0.2, -0.15) is 0 Å². The summed E-state index contributed by atoms with van der Waals surface area (Å²) in [5.74, 6) is -1.06. The third kappa shape index (κ3) is 6.14. The van der Waals surface area contributed by atoms with Crippen molar-refractivity contribution in [3.05, 3.63) is 28.2 Å². The highest BCUT2D eigenvalue weighted by atomic mass is 79.9. The zero-order valence-corrected chi connectivity index (χ0v) is 13.6. The van der Waals surface area contributed by atoms with Gasteiger partial charge in [0, 0.05) is 23.9 Å². The highest BCUT2D eigenvalue weighted by molar-refractivity contribution is 9.10. The molecule has 0 aromatic heterocycles. The summed E-state index contributed by atoms with van der Waals surface area (Å²) in [5, 5.41) is 14.2. The van der Waals surface area contributed by atoms with E-state index >= 15 is 0 Å². The lowest BCUT2D eigenvalue weighted by Crippen LogP contribution is -2.43. The van der Waals surface area contributed by atoms with E-state index in [4.69, 9.17) is 9.84 Å². The molecule has 21 heavy (non-hydrogen) atoms. The van der Waals surface area contributed by atoms with E-state index in [2.05, 4.69) is 26.6 Å². The summed E-state index contributed by atoms with van der Waals surface area (Å²) in [4.78, 5) is 23.0. The first-order valence-electron chi connectivity index (χ1n) is 6.49. The summed E-state index contributed by atoms with van der Waals surface area (Å²) in [6.45, 7) is 2.31. The van der Waals surface area contributed by atoms with Gasteiger partial charge in [0.1, 0.15) is 6.04 Å². The molecule has 0 aliphatic rings. The molecule has 0 saturated carbocycles. The second-order valence-corrected chi connectivity index (χ2v) is 5.50. The number of anilines is 1. The Hall–Kier alpha value is -1.60. The summed E-state index contributed by atoms with van der Waals surface area (Å²) < 4.78 is 5.71. The molecule has 0 spiro atoms. The predicted octanol–water partition coefficient (Wildman–Crippen LogP) is 2.76. The standard InChI is InChI=1S/C14H19BrN2O4/c1-9-5-6-10(15)8-12(9)17-14(20)16-11(13(18)19)4-3-7-21-2/h5-6,8,11H,3-4,7H2,1-2H3,(H,18,19)(H2,16,17,20). The highest BCUT2D eigenvalue weighted by Crippen LogP contribution is 2.20. The first kappa shape index (κ1) is 17.5. The highest BCUT2D eigenvalue weighted by Gasteiger charge is 2.19. The van der Waals surface area contributed by atoms with Crippen molar-refractivity contribution in [1.82, 2.24) is 5.32 Å². The number of amides is 2. The van der Waals surface area contributed by atoms with Crippen LogP contribution in [-0.2, 0) is 9.53 Å². The van der Waals surface area contributed by atoms with E-state index in [1.807, 2.05) is 19.1 Å². The Balaban J connectivity index is 2.61. The van der Waals surface area contributed by atoms with Crippen LogP contribution in [0.1, 0.15) is 18.4 Å². The molecule has 0 heterocycles. The number of carboxylic acids is 1.